The molecule has 0 saturated carbocycles. The van der Waals surface area contributed by atoms with Crippen LogP contribution in [0.15, 0.2) is 12.4 Å². The van der Waals surface area contributed by atoms with E-state index in [0.29, 0.717) is 5.69 Å². The predicted molar refractivity (Wildman–Crippen MR) is 81.3 cm³/mol. The second-order valence-corrected chi connectivity index (χ2v) is 4.83. The van der Waals surface area contributed by atoms with Gasteiger partial charge in [-0.05, 0) is 33.0 Å². The lowest BCUT2D eigenvalue weighted by molar-refractivity contribution is -0.131. The Morgan fingerprint density at radius 1 is 1.25 bits per heavy atom. The number of carbonyl (C=O) groups is 1. The summed E-state index contributed by atoms with van der Waals surface area (Å²) in [6, 6.07) is 0. The van der Waals surface area contributed by atoms with Crippen LogP contribution in [0.25, 0.3) is 0 Å². The third-order valence-electron chi connectivity index (χ3n) is 3.48. The standard InChI is InChI=1S/C14H27N5O/c1-4-17(5-2)8-7-9-18(6-3)14(20)12-19-11-13(15)10-16-19/h10-11H,4-9,12,15H2,1-3H3. The highest BCUT2D eigenvalue weighted by Gasteiger charge is 2.12. The molecule has 0 radical (unpaired) electrons. The van der Waals surface area contributed by atoms with Gasteiger partial charge in [0.2, 0.25) is 5.91 Å². The van der Waals surface area contributed by atoms with Crippen LogP contribution in [-0.4, -0.2) is 58.2 Å². The maximum Gasteiger partial charge on any atom is 0.244 e. The quantitative estimate of drug-likeness (QED) is 0.734. The van der Waals surface area contributed by atoms with E-state index in [2.05, 4.69) is 23.8 Å². The van der Waals surface area contributed by atoms with E-state index >= 15 is 0 Å². The van der Waals surface area contributed by atoms with Crippen LogP contribution in [0.1, 0.15) is 27.2 Å². The van der Waals surface area contributed by atoms with Crippen molar-refractivity contribution in [1.82, 2.24) is 19.6 Å². The first-order valence-electron chi connectivity index (χ1n) is 7.38. The van der Waals surface area contributed by atoms with Crippen LogP contribution >= 0.6 is 0 Å². The lowest BCUT2D eigenvalue weighted by Gasteiger charge is -2.23. The fourth-order valence-electron chi connectivity index (χ4n) is 2.19. The SMILES string of the molecule is CCN(CC)CCCN(CC)C(=O)Cn1cc(N)cn1. The average Bonchev–Trinajstić information content (AvgIpc) is 2.84. The molecule has 0 aliphatic rings. The molecule has 114 valence electrons. The monoisotopic (exact) mass is 281 g/mol. The lowest BCUT2D eigenvalue weighted by atomic mass is 10.3. The van der Waals surface area contributed by atoms with Crippen molar-refractivity contribution in [2.24, 2.45) is 0 Å². The first-order valence-corrected chi connectivity index (χ1v) is 7.38. The summed E-state index contributed by atoms with van der Waals surface area (Å²) in [5, 5.41) is 4.04. The van der Waals surface area contributed by atoms with Gasteiger partial charge in [0, 0.05) is 19.3 Å². The zero-order chi connectivity index (χ0) is 15.0. The number of carbonyl (C=O) groups excluding carboxylic acids is 1. The van der Waals surface area contributed by atoms with Crippen LogP contribution in [0.2, 0.25) is 0 Å². The van der Waals surface area contributed by atoms with Gasteiger partial charge in [0.15, 0.2) is 0 Å². The molecule has 1 heterocycles. The lowest BCUT2D eigenvalue weighted by Crippen LogP contribution is -2.36. The number of nitrogens with zero attached hydrogens (tertiary/aromatic N) is 4. The number of nitrogens with two attached hydrogens (primary N) is 1. The molecule has 0 fully saturated rings. The fourth-order valence-corrected chi connectivity index (χ4v) is 2.19. The van der Waals surface area contributed by atoms with Crippen LogP contribution in [0.5, 0.6) is 0 Å². The van der Waals surface area contributed by atoms with Gasteiger partial charge < -0.3 is 15.5 Å². The van der Waals surface area contributed by atoms with Crippen LogP contribution in [-0.2, 0) is 11.3 Å². The summed E-state index contributed by atoms with van der Waals surface area (Å²) >= 11 is 0. The van der Waals surface area contributed by atoms with Gasteiger partial charge >= 0.3 is 0 Å². The van der Waals surface area contributed by atoms with Crippen molar-refractivity contribution in [1.29, 1.82) is 0 Å². The van der Waals surface area contributed by atoms with Gasteiger partial charge in [-0.3, -0.25) is 9.48 Å². The van der Waals surface area contributed by atoms with Gasteiger partial charge in [0.1, 0.15) is 6.54 Å². The molecule has 0 bridgehead atoms. The van der Waals surface area contributed by atoms with E-state index in [0.717, 1.165) is 39.1 Å². The average molecular weight is 281 g/mol. The molecule has 0 aliphatic heterocycles. The molecule has 0 aliphatic carbocycles. The van der Waals surface area contributed by atoms with Crippen molar-refractivity contribution in [3.05, 3.63) is 12.4 Å². The Kier molecular flexibility index (Phi) is 7.08. The second kappa shape index (κ2) is 8.58. The van der Waals surface area contributed by atoms with Crippen molar-refractivity contribution >= 4 is 11.6 Å². The zero-order valence-corrected chi connectivity index (χ0v) is 12.9. The Balaban J connectivity index is 2.39. The van der Waals surface area contributed by atoms with Gasteiger partial charge in [0.25, 0.3) is 0 Å². The molecule has 1 aromatic heterocycles. The minimum atomic E-state index is 0.0927. The number of rotatable bonds is 9. The van der Waals surface area contributed by atoms with E-state index in [1.165, 1.54) is 0 Å². The van der Waals surface area contributed by atoms with Gasteiger partial charge in [-0.25, -0.2) is 0 Å². The molecular formula is C14H27N5O. The number of amides is 1. The van der Waals surface area contributed by atoms with E-state index in [4.69, 9.17) is 5.73 Å². The summed E-state index contributed by atoms with van der Waals surface area (Å²) in [4.78, 5) is 16.4. The van der Waals surface area contributed by atoms with Crippen LogP contribution in [0.4, 0.5) is 5.69 Å². The van der Waals surface area contributed by atoms with Crippen molar-refractivity contribution in [3.63, 3.8) is 0 Å². The maximum absolute atomic E-state index is 12.2. The first kappa shape index (κ1) is 16.5. The number of likely N-dealkylation sites (N-methyl/N-ethyl adjacent to an activating group) is 1. The van der Waals surface area contributed by atoms with Gasteiger partial charge in [-0.1, -0.05) is 13.8 Å². The van der Waals surface area contributed by atoms with E-state index in [-0.39, 0.29) is 12.5 Å². The topological polar surface area (TPSA) is 67.4 Å². The Morgan fingerprint density at radius 2 is 1.95 bits per heavy atom. The summed E-state index contributed by atoms with van der Waals surface area (Å²) in [5.41, 5.74) is 6.18. The van der Waals surface area contributed by atoms with Crippen molar-refractivity contribution in [3.8, 4) is 0 Å². The van der Waals surface area contributed by atoms with E-state index in [9.17, 15) is 4.79 Å². The van der Waals surface area contributed by atoms with Crippen LogP contribution in [0, 0.1) is 0 Å². The summed E-state index contributed by atoms with van der Waals surface area (Å²) in [6.07, 6.45) is 4.24. The third kappa shape index (κ3) is 5.21. The van der Waals surface area contributed by atoms with E-state index in [1.807, 2.05) is 11.8 Å². The number of hydrogen-bond acceptors (Lipinski definition) is 4. The Labute approximate surface area is 121 Å². The molecular weight excluding hydrogens is 254 g/mol. The Bertz CT molecular complexity index is 400. The summed E-state index contributed by atoms with van der Waals surface area (Å²) < 4.78 is 1.59. The minimum absolute atomic E-state index is 0.0927. The number of hydrogen-bond donors (Lipinski definition) is 1. The van der Waals surface area contributed by atoms with Crippen LogP contribution < -0.4 is 5.73 Å². The summed E-state index contributed by atoms with van der Waals surface area (Å²) in [6.45, 7) is 11.3. The van der Waals surface area contributed by atoms with E-state index < -0.39 is 0 Å². The molecule has 1 rings (SSSR count). The molecule has 6 nitrogen and oxygen atoms in total. The molecule has 0 aromatic carbocycles. The second-order valence-electron chi connectivity index (χ2n) is 4.83. The highest BCUT2D eigenvalue weighted by atomic mass is 16.2. The molecule has 0 atom stereocenters. The van der Waals surface area contributed by atoms with Crippen molar-refractivity contribution in [2.75, 3.05) is 38.5 Å². The first-order chi connectivity index (χ1) is 9.60. The number of aromatic nitrogens is 2. The molecule has 0 unspecified atom stereocenters. The fraction of sp³-hybridized carbons (Fsp3) is 0.714. The highest BCUT2D eigenvalue weighted by molar-refractivity contribution is 5.75. The third-order valence-corrected chi connectivity index (χ3v) is 3.48. The Hall–Kier alpha value is -1.56. The van der Waals surface area contributed by atoms with Gasteiger partial charge in [-0.2, -0.15) is 5.10 Å². The van der Waals surface area contributed by atoms with Crippen LogP contribution in [0.3, 0.4) is 0 Å². The number of anilines is 1. The molecule has 2 N–H and O–H groups in total. The normalized spacial score (nSPS) is 11.0. The maximum atomic E-state index is 12.2. The smallest absolute Gasteiger partial charge is 0.244 e. The number of nitrogen functional groups attached to an aromatic ring is 1. The zero-order valence-electron chi connectivity index (χ0n) is 12.9. The highest BCUT2D eigenvalue weighted by Crippen LogP contribution is 2.01. The molecule has 6 heteroatoms. The van der Waals surface area contributed by atoms with Gasteiger partial charge in [0.05, 0.1) is 11.9 Å². The predicted octanol–water partition coefficient (Wildman–Crippen LogP) is 1.05. The summed E-state index contributed by atoms with van der Waals surface area (Å²) in [5.74, 6) is 0.0927. The summed E-state index contributed by atoms with van der Waals surface area (Å²) in [7, 11) is 0. The van der Waals surface area contributed by atoms with Crippen molar-refractivity contribution < 1.29 is 4.79 Å². The molecule has 0 saturated heterocycles. The molecule has 1 amide bonds. The van der Waals surface area contributed by atoms with Gasteiger partial charge in [-0.15, -0.1) is 0 Å². The van der Waals surface area contributed by atoms with E-state index in [1.54, 1.807) is 17.1 Å². The van der Waals surface area contributed by atoms with Crippen molar-refractivity contribution in [2.45, 2.75) is 33.7 Å². The molecule has 0 spiro atoms. The largest absolute Gasteiger partial charge is 0.396 e. The Morgan fingerprint density at radius 3 is 2.45 bits per heavy atom. The molecule has 20 heavy (non-hydrogen) atoms. The minimum Gasteiger partial charge on any atom is -0.396 e. The molecule has 1 aromatic rings.